The van der Waals surface area contributed by atoms with Gasteiger partial charge in [0.2, 0.25) is 0 Å². The molecule has 92 valence electrons. The number of ether oxygens (including phenoxy) is 1. The quantitative estimate of drug-likeness (QED) is 0.690. The number of carbonyl (C=O) groups excluding carboxylic acids is 1. The Morgan fingerprint density at radius 2 is 2.41 bits per heavy atom. The fraction of sp³-hybridized carbons (Fsp3) is 0.455. The largest absolute Gasteiger partial charge is 0.494 e. The number of carbonyl (C=O) groups is 1. The van der Waals surface area contributed by atoms with Gasteiger partial charge in [0, 0.05) is 25.3 Å². The third kappa shape index (κ3) is 3.07. The number of hydrogen-bond acceptors (Lipinski definition) is 4. The zero-order chi connectivity index (χ0) is 12.3. The molecular weight excluding hydrogens is 224 g/mol. The summed E-state index contributed by atoms with van der Waals surface area (Å²) in [5, 5.41) is 11.8. The van der Waals surface area contributed by atoms with Crippen molar-refractivity contribution >= 4 is 5.91 Å². The van der Waals surface area contributed by atoms with E-state index in [1.165, 1.54) is 6.07 Å². The van der Waals surface area contributed by atoms with Crippen molar-refractivity contribution in [2.45, 2.75) is 18.9 Å². The van der Waals surface area contributed by atoms with Gasteiger partial charge >= 0.3 is 0 Å². The Morgan fingerprint density at radius 1 is 1.59 bits per heavy atom. The van der Waals surface area contributed by atoms with Crippen LogP contribution in [-0.4, -0.2) is 35.3 Å². The maximum atomic E-state index is 11.7. The third-order valence-corrected chi connectivity index (χ3v) is 2.61. The number of rotatable bonds is 3. The van der Waals surface area contributed by atoms with Crippen LogP contribution in [0.3, 0.4) is 0 Å². The predicted molar refractivity (Wildman–Crippen MR) is 60.0 cm³/mol. The minimum absolute atomic E-state index is 0.0505. The van der Waals surface area contributed by atoms with Gasteiger partial charge in [-0.2, -0.15) is 0 Å². The van der Waals surface area contributed by atoms with Gasteiger partial charge in [-0.15, -0.1) is 0 Å². The normalized spacial score (nSPS) is 19.2. The molecule has 1 aliphatic heterocycles. The Morgan fingerprint density at radius 3 is 3.06 bits per heavy atom. The van der Waals surface area contributed by atoms with Crippen molar-refractivity contribution in [2.24, 2.45) is 0 Å². The predicted octanol–water partition coefficient (Wildman–Crippen LogP) is -0.0107. The molecular formula is C11H14N2O4. The van der Waals surface area contributed by atoms with Crippen molar-refractivity contribution in [3.63, 3.8) is 0 Å². The summed E-state index contributed by atoms with van der Waals surface area (Å²) in [6.07, 6.45) is 1.99. The van der Waals surface area contributed by atoms with Crippen molar-refractivity contribution < 1.29 is 14.6 Å². The summed E-state index contributed by atoms with van der Waals surface area (Å²) in [7, 11) is 0. The maximum Gasteiger partial charge on any atom is 0.251 e. The fourth-order valence-electron chi connectivity index (χ4n) is 1.77. The van der Waals surface area contributed by atoms with Gasteiger partial charge in [0.15, 0.2) is 5.88 Å². The molecule has 3 N–H and O–H groups in total. The van der Waals surface area contributed by atoms with E-state index in [2.05, 4.69) is 10.3 Å². The summed E-state index contributed by atoms with van der Waals surface area (Å²) in [4.78, 5) is 24.9. The first-order valence-electron chi connectivity index (χ1n) is 5.48. The van der Waals surface area contributed by atoms with Gasteiger partial charge in [-0.05, 0) is 12.8 Å². The summed E-state index contributed by atoms with van der Waals surface area (Å²) in [6, 6.07) is 2.36. The van der Waals surface area contributed by atoms with Crippen LogP contribution in [0.15, 0.2) is 16.9 Å². The second kappa shape index (κ2) is 5.01. The number of nitrogens with one attached hydrogen (secondary N) is 2. The SMILES string of the molecule is O=C(NCC1CCCO1)c1cc(O)[nH]c(=O)c1. The van der Waals surface area contributed by atoms with Crippen LogP contribution >= 0.6 is 0 Å². The molecule has 1 atom stereocenters. The second-order valence-electron chi connectivity index (χ2n) is 3.96. The van der Waals surface area contributed by atoms with Crippen LogP contribution in [0.25, 0.3) is 0 Å². The van der Waals surface area contributed by atoms with Gasteiger partial charge in [-0.1, -0.05) is 0 Å². The molecule has 1 aliphatic rings. The highest BCUT2D eigenvalue weighted by Crippen LogP contribution is 2.11. The van der Waals surface area contributed by atoms with Crippen LogP contribution in [0.2, 0.25) is 0 Å². The number of aromatic nitrogens is 1. The smallest absolute Gasteiger partial charge is 0.251 e. The molecule has 0 spiro atoms. The molecule has 1 saturated heterocycles. The average molecular weight is 238 g/mol. The zero-order valence-corrected chi connectivity index (χ0v) is 9.23. The van der Waals surface area contributed by atoms with Crippen LogP contribution in [0.4, 0.5) is 0 Å². The van der Waals surface area contributed by atoms with Crippen LogP contribution in [-0.2, 0) is 4.74 Å². The van der Waals surface area contributed by atoms with Crippen molar-refractivity contribution in [1.82, 2.24) is 10.3 Å². The van der Waals surface area contributed by atoms with Crippen LogP contribution in [0.1, 0.15) is 23.2 Å². The van der Waals surface area contributed by atoms with Gasteiger partial charge in [0.25, 0.3) is 11.5 Å². The molecule has 1 aromatic heterocycles. The molecule has 0 radical (unpaired) electrons. The highest BCUT2D eigenvalue weighted by Gasteiger charge is 2.17. The highest BCUT2D eigenvalue weighted by atomic mass is 16.5. The minimum atomic E-state index is -0.507. The number of pyridine rings is 1. The molecule has 1 fully saturated rings. The molecule has 1 aromatic rings. The van der Waals surface area contributed by atoms with E-state index in [1.54, 1.807) is 0 Å². The summed E-state index contributed by atoms with van der Waals surface area (Å²) < 4.78 is 5.35. The molecule has 2 rings (SSSR count). The van der Waals surface area contributed by atoms with Crippen molar-refractivity contribution in [3.05, 3.63) is 28.0 Å². The molecule has 0 aromatic carbocycles. The maximum absolute atomic E-state index is 11.7. The topological polar surface area (TPSA) is 91.4 Å². The molecule has 0 aliphatic carbocycles. The highest BCUT2D eigenvalue weighted by molar-refractivity contribution is 5.94. The van der Waals surface area contributed by atoms with E-state index in [0.29, 0.717) is 6.54 Å². The van der Waals surface area contributed by atoms with Gasteiger partial charge < -0.3 is 15.2 Å². The van der Waals surface area contributed by atoms with Gasteiger partial charge in [-0.3, -0.25) is 14.6 Å². The van der Waals surface area contributed by atoms with E-state index in [9.17, 15) is 9.59 Å². The monoisotopic (exact) mass is 238 g/mol. The lowest BCUT2D eigenvalue weighted by Crippen LogP contribution is -2.32. The molecule has 2 heterocycles. The summed E-state index contributed by atoms with van der Waals surface area (Å²) in [5.41, 5.74) is -0.364. The Bertz CT molecular complexity index is 463. The first kappa shape index (κ1) is 11.7. The van der Waals surface area contributed by atoms with Gasteiger partial charge in [-0.25, -0.2) is 0 Å². The number of H-pyrrole nitrogens is 1. The average Bonchev–Trinajstić information content (AvgIpc) is 2.77. The van der Waals surface area contributed by atoms with Crippen LogP contribution in [0.5, 0.6) is 5.88 Å². The van der Waals surface area contributed by atoms with Crippen LogP contribution < -0.4 is 10.9 Å². The molecule has 0 bridgehead atoms. The molecule has 6 heteroatoms. The van der Waals surface area contributed by atoms with E-state index in [-0.39, 0.29) is 23.5 Å². The van der Waals surface area contributed by atoms with Crippen molar-refractivity contribution in [3.8, 4) is 5.88 Å². The van der Waals surface area contributed by atoms with E-state index in [0.717, 1.165) is 25.5 Å². The van der Waals surface area contributed by atoms with Gasteiger partial charge in [0.1, 0.15) is 0 Å². The Balaban J connectivity index is 1.96. The fourth-order valence-corrected chi connectivity index (χ4v) is 1.77. The lowest BCUT2D eigenvalue weighted by Gasteiger charge is -2.10. The van der Waals surface area contributed by atoms with Crippen LogP contribution in [0, 0.1) is 0 Å². The minimum Gasteiger partial charge on any atom is -0.494 e. The molecule has 6 nitrogen and oxygen atoms in total. The van der Waals surface area contributed by atoms with E-state index in [1.807, 2.05) is 0 Å². The van der Waals surface area contributed by atoms with E-state index in [4.69, 9.17) is 9.84 Å². The number of amides is 1. The lowest BCUT2D eigenvalue weighted by molar-refractivity contribution is 0.0857. The van der Waals surface area contributed by atoms with E-state index < -0.39 is 5.56 Å². The van der Waals surface area contributed by atoms with Crippen molar-refractivity contribution in [1.29, 1.82) is 0 Å². The number of hydrogen-bond donors (Lipinski definition) is 3. The molecule has 1 unspecified atom stereocenters. The number of aromatic amines is 1. The molecule has 17 heavy (non-hydrogen) atoms. The third-order valence-electron chi connectivity index (χ3n) is 2.61. The standard InChI is InChI=1S/C11H14N2O4/c14-9-4-7(5-10(15)13-9)11(16)12-6-8-2-1-3-17-8/h4-5,8H,1-3,6H2,(H,12,16)(H2,13,14,15). The first-order chi connectivity index (χ1) is 8.15. The summed E-state index contributed by atoms with van der Waals surface area (Å²) in [6.45, 7) is 1.15. The lowest BCUT2D eigenvalue weighted by atomic mass is 10.2. The number of aromatic hydroxyl groups is 1. The van der Waals surface area contributed by atoms with Gasteiger partial charge in [0.05, 0.1) is 11.7 Å². The van der Waals surface area contributed by atoms with Crippen molar-refractivity contribution in [2.75, 3.05) is 13.2 Å². The molecule has 1 amide bonds. The Hall–Kier alpha value is -1.82. The molecule has 0 saturated carbocycles. The Kier molecular flexibility index (Phi) is 3.43. The summed E-state index contributed by atoms with van der Waals surface area (Å²) >= 11 is 0. The zero-order valence-electron chi connectivity index (χ0n) is 9.23. The Labute approximate surface area is 97.6 Å². The second-order valence-corrected chi connectivity index (χ2v) is 3.96. The van der Waals surface area contributed by atoms with E-state index >= 15 is 0 Å². The first-order valence-corrected chi connectivity index (χ1v) is 5.48. The summed E-state index contributed by atoms with van der Waals surface area (Å²) in [5.74, 6) is -0.707.